The summed E-state index contributed by atoms with van der Waals surface area (Å²) in [6.45, 7) is 2.13. The van der Waals surface area contributed by atoms with Gasteiger partial charge in [-0.15, -0.1) is 5.10 Å². The van der Waals surface area contributed by atoms with Crippen LogP contribution in [0.5, 0.6) is 0 Å². The second kappa shape index (κ2) is 6.92. The van der Waals surface area contributed by atoms with E-state index in [9.17, 15) is 14.0 Å². The third-order valence-electron chi connectivity index (χ3n) is 4.88. The van der Waals surface area contributed by atoms with Gasteiger partial charge in [0, 0.05) is 30.9 Å². The van der Waals surface area contributed by atoms with Gasteiger partial charge in [0.25, 0.3) is 5.91 Å². The topological polar surface area (TPSA) is 67.2 Å². The first kappa shape index (κ1) is 17.9. The highest BCUT2D eigenvalue weighted by molar-refractivity contribution is 6.03. The van der Waals surface area contributed by atoms with Crippen molar-refractivity contribution in [3.63, 3.8) is 0 Å². The predicted octanol–water partition coefficient (Wildman–Crippen LogP) is 3.13. The van der Waals surface area contributed by atoms with Gasteiger partial charge in [-0.25, -0.2) is 9.07 Å². The number of fused-ring (bicyclic) bond motifs is 1. The van der Waals surface area contributed by atoms with Crippen LogP contribution in [0.4, 0.5) is 10.2 Å². The van der Waals surface area contributed by atoms with Crippen molar-refractivity contribution in [1.29, 1.82) is 0 Å². The number of aryl methyl sites for hydroxylation is 1. The molecular formula is C21H19FN4O2. The van der Waals surface area contributed by atoms with E-state index >= 15 is 0 Å². The van der Waals surface area contributed by atoms with Gasteiger partial charge in [0.1, 0.15) is 5.82 Å². The SMILES string of the molecule is Cc1cc(NC(=O)C2CN(C)C(=O)c3ccccc32)nn1-c1cccc(F)c1. The maximum absolute atomic E-state index is 13.5. The Morgan fingerprint density at radius 2 is 1.96 bits per heavy atom. The zero-order valence-corrected chi connectivity index (χ0v) is 15.5. The summed E-state index contributed by atoms with van der Waals surface area (Å²) >= 11 is 0. The molecule has 142 valence electrons. The molecule has 2 aromatic carbocycles. The van der Waals surface area contributed by atoms with Crippen LogP contribution in [0.3, 0.4) is 0 Å². The average Bonchev–Trinajstić information content (AvgIpc) is 3.04. The van der Waals surface area contributed by atoms with Crippen molar-refractivity contribution in [1.82, 2.24) is 14.7 Å². The first-order chi connectivity index (χ1) is 13.4. The fourth-order valence-electron chi connectivity index (χ4n) is 3.50. The van der Waals surface area contributed by atoms with E-state index in [1.54, 1.807) is 53.0 Å². The van der Waals surface area contributed by atoms with Gasteiger partial charge in [0.05, 0.1) is 11.6 Å². The summed E-state index contributed by atoms with van der Waals surface area (Å²) in [6, 6.07) is 15.0. The van der Waals surface area contributed by atoms with Gasteiger partial charge in [-0.1, -0.05) is 24.3 Å². The minimum absolute atomic E-state index is 0.0918. The summed E-state index contributed by atoms with van der Waals surface area (Å²) in [5.41, 5.74) is 2.59. The summed E-state index contributed by atoms with van der Waals surface area (Å²) in [7, 11) is 1.68. The quantitative estimate of drug-likeness (QED) is 0.761. The Labute approximate surface area is 161 Å². The molecule has 2 amide bonds. The van der Waals surface area contributed by atoms with Gasteiger partial charge in [-0.05, 0) is 36.8 Å². The van der Waals surface area contributed by atoms with E-state index in [4.69, 9.17) is 0 Å². The first-order valence-electron chi connectivity index (χ1n) is 8.92. The second-order valence-corrected chi connectivity index (χ2v) is 6.88. The first-order valence-corrected chi connectivity index (χ1v) is 8.92. The van der Waals surface area contributed by atoms with Crippen LogP contribution in [0, 0.1) is 12.7 Å². The molecule has 1 atom stereocenters. The number of halogens is 1. The van der Waals surface area contributed by atoms with Gasteiger partial charge < -0.3 is 10.2 Å². The van der Waals surface area contributed by atoms with E-state index in [1.807, 2.05) is 13.0 Å². The molecule has 0 fully saturated rings. The average molecular weight is 378 g/mol. The fourth-order valence-corrected chi connectivity index (χ4v) is 3.50. The van der Waals surface area contributed by atoms with Crippen LogP contribution in [0.25, 0.3) is 5.69 Å². The number of amides is 2. The van der Waals surface area contributed by atoms with Crippen molar-refractivity contribution in [2.45, 2.75) is 12.8 Å². The minimum Gasteiger partial charge on any atom is -0.341 e. The molecule has 0 radical (unpaired) electrons. The molecule has 1 unspecified atom stereocenters. The number of nitrogens with zero attached hydrogens (tertiary/aromatic N) is 3. The van der Waals surface area contributed by atoms with Crippen LogP contribution in [0.15, 0.2) is 54.6 Å². The molecule has 1 aliphatic rings. The summed E-state index contributed by atoms with van der Waals surface area (Å²) in [4.78, 5) is 26.8. The van der Waals surface area contributed by atoms with Crippen LogP contribution >= 0.6 is 0 Å². The molecular weight excluding hydrogens is 359 g/mol. The third-order valence-corrected chi connectivity index (χ3v) is 4.88. The van der Waals surface area contributed by atoms with Crippen LogP contribution in [-0.4, -0.2) is 40.1 Å². The highest BCUT2D eigenvalue weighted by Crippen LogP contribution is 2.28. The van der Waals surface area contributed by atoms with E-state index in [-0.39, 0.29) is 17.6 Å². The number of hydrogen-bond donors (Lipinski definition) is 1. The Balaban J connectivity index is 1.60. The molecule has 3 aromatic rings. The molecule has 0 bridgehead atoms. The molecule has 1 aromatic heterocycles. The van der Waals surface area contributed by atoms with Crippen molar-refractivity contribution in [3.05, 3.63) is 77.2 Å². The molecule has 6 nitrogen and oxygen atoms in total. The molecule has 0 spiro atoms. The van der Waals surface area contributed by atoms with Crippen molar-refractivity contribution in [2.24, 2.45) is 0 Å². The normalized spacial score (nSPS) is 16.0. The smallest absolute Gasteiger partial charge is 0.253 e. The number of rotatable bonds is 3. The van der Waals surface area contributed by atoms with Crippen LogP contribution < -0.4 is 5.32 Å². The number of carbonyl (C=O) groups is 2. The van der Waals surface area contributed by atoms with Crippen molar-refractivity contribution >= 4 is 17.6 Å². The van der Waals surface area contributed by atoms with E-state index in [0.29, 0.717) is 29.2 Å². The number of likely N-dealkylation sites (N-methyl/N-ethyl adjacent to an activating group) is 1. The number of benzene rings is 2. The Bertz CT molecular complexity index is 1080. The van der Waals surface area contributed by atoms with E-state index in [2.05, 4.69) is 10.4 Å². The summed E-state index contributed by atoms with van der Waals surface area (Å²) in [5, 5.41) is 7.21. The lowest BCUT2D eigenvalue weighted by Gasteiger charge is -2.30. The number of anilines is 1. The maximum Gasteiger partial charge on any atom is 0.253 e. The molecule has 1 aliphatic heterocycles. The summed E-state index contributed by atoms with van der Waals surface area (Å²) < 4.78 is 15.1. The van der Waals surface area contributed by atoms with Gasteiger partial charge in [-0.2, -0.15) is 0 Å². The number of carbonyl (C=O) groups excluding carboxylic acids is 2. The Morgan fingerprint density at radius 3 is 2.75 bits per heavy atom. The lowest BCUT2D eigenvalue weighted by molar-refractivity contribution is -0.118. The largest absolute Gasteiger partial charge is 0.341 e. The van der Waals surface area contributed by atoms with Gasteiger partial charge in [0.2, 0.25) is 5.91 Å². The molecule has 0 saturated heterocycles. The van der Waals surface area contributed by atoms with Gasteiger partial charge >= 0.3 is 0 Å². The Kier molecular flexibility index (Phi) is 4.43. The fraction of sp³-hybridized carbons (Fsp3) is 0.190. The lowest BCUT2D eigenvalue weighted by Crippen LogP contribution is -2.41. The molecule has 0 aliphatic carbocycles. The van der Waals surface area contributed by atoms with Gasteiger partial charge in [0.15, 0.2) is 5.82 Å². The summed E-state index contributed by atoms with van der Waals surface area (Å²) in [6.07, 6.45) is 0. The van der Waals surface area contributed by atoms with Crippen molar-refractivity contribution in [3.8, 4) is 5.69 Å². The highest BCUT2D eigenvalue weighted by Gasteiger charge is 2.33. The second-order valence-electron chi connectivity index (χ2n) is 6.88. The molecule has 4 rings (SSSR count). The minimum atomic E-state index is -0.487. The zero-order valence-electron chi connectivity index (χ0n) is 15.5. The number of aromatic nitrogens is 2. The van der Waals surface area contributed by atoms with E-state index in [0.717, 1.165) is 5.69 Å². The van der Waals surface area contributed by atoms with E-state index < -0.39 is 5.92 Å². The molecule has 1 N–H and O–H groups in total. The summed E-state index contributed by atoms with van der Waals surface area (Å²) in [5.74, 6) is -0.798. The highest BCUT2D eigenvalue weighted by atomic mass is 19.1. The molecule has 0 saturated carbocycles. The van der Waals surface area contributed by atoms with Crippen molar-refractivity contribution in [2.75, 3.05) is 18.9 Å². The Hall–Kier alpha value is -3.48. The standard InChI is InChI=1S/C21H19FN4O2/c1-13-10-19(24-26(13)15-7-5-6-14(22)11-15)23-20(27)18-12-25(2)21(28)17-9-4-3-8-16(17)18/h3-11,18H,12H2,1-2H3,(H,23,24,27). The zero-order chi connectivity index (χ0) is 19.8. The van der Waals surface area contributed by atoms with Crippen LogP contribution in [0.1, 0.15) is 27.5 Å². The Morgan fingerprint density at radius 1 is 1.18 bits per heavy atom. The number of nitrogens with one attached hydrogen (secondary N) is 1. The monoisotopic (exact) mass is 378 g/mol. The lowest BCUT2D eigenvalue weighted by atomic mass is 9.89. The molecule has 2 heterocycles. The van der Waals surface area contributed by atoms with Crippen molar-refractivity contribution < 1.29 is 14.0 Å². The van der Waals surface area contributed by atoms with Crippen LogP contribution in [-0.2, 0) is 4.79 Å². The predicted molar refractivity (Wildman–Crippen MR) is 103 cm³/mol. The maximum atomic E-state index is 13.5. The number of hydrogen-bond acceptors (Lipinski definition) is 3. The van der Waals surface area contributed by atoms with Gasteiger partial charge in [-0.3, -0.25) is 9.59 Å². The van der Waals surface area contributed by atoms with Crippen LogP contribution in [0.2, 0.25) is 0 Å². The molecule has 7 heteroatoms. The molecule has 28 heavy (non-hydrogen) atoms. The van der Waals surface area contributed by atoms with E-state index in [1.165, 1.54) is 12.1 Å². The third kappa shape index (κ3) is 3.15.